The van der Waals surface area contributed by atoms with E-state index in [0.717, 1.165) is 22.8 Å². The molecule has 2 aromatic carbocycles. The lowest BCUT2D eigenvalue weighted by atomic mass is 9.98. The molecule has 0 fully saturated rings. The molecule has 3 heteroatoms. The lowest BCUT2D eigenvalue weighted by molar-refractivity contribution is 0.407. The van der Waals surface area contributed by atoms with E-state index in [1.54, 1.807) is 7.11 Å². The topological polar surface area (TPSA) is 21.3 Å². The van der Waals surface area contributed by atoms with Crippen molar-refractivity contribution in [3.63, 3.8) is 0 Å². The molecule has 1 aliphatic rings. The van der Waals surface area contributed by atoms with Crippen LogP contribution in [0.4, 0.5) is 5.69 Å². The Morgan fingerprint density at radius 1 is 1.20 bits per heavy atom. The fourth-order valence-corrected chi connectivity index (χ4v) is 3.19. The van der Waals surface area contributed by atoms with Gasteiger partial charge in [0.05, 0.1) is 13.2 Å². The third-order valence-corrected chi connectivity index (χ3v) is 4.16. The molecule has 104 valence electrons. The lowest BCUT2D eigenvalue weighted by Crippen LogP contribution is -2.07. The van der Waals surface area contributed by atoms with Gasteiger partial charge in [0.1, 0.15) is 5.75 Å². The number of anilines is 1. The SMILES string of the molecule is COc1ccc(Cl)cc1C1Cc2c(C)cc(C)cc2N1. The van der Waals surface area contributed by atoms with E-state index in [4.69, 9.17) is 16.3 Å². The first-order valence-corrected chi connectivity index (χ1v) is 7.16. The summed E-state index contributed by atoms with van der Waals surface area (Å²) in [4.78, 5) is 0. The zero-order valence-corrected chi connectivity index (χ0v) is 12.7. The Labute approximate surface area is 124 Å². The highest BCUT2D eigenvalue weighted by molar-refractivity contribution is 6.30. The number of rotatable bonds is 2. The molecule has 0 aliphatic carbocycles. The van der Waals surface area contributed by atoms with Crippen molar-refractivity contribution in [2.45, 2.75) is 26.3 Å². The van der Waals surface area contributed by atoms with Crippen molar-refractivity contribution < 1.29 is 4.74 Å². The van der Waals surface area contributed by atoms with Crippen LogP contribution in [0.3, 0.4) is 0 Å². The summed E-state index contributed by atoms with van der Waals surface area (Å²) in [5.41, 5.74) is 6.37. The number of fused-ring (bicyclic) bond motifs is 1. The van der Waals surface area contributed by atoms with Gasteiger partial charge in [0.2, 0.25) is 0 Å². The van der Waals surface area contributed by atoms with E-state index in [1.165, 1.54) is 22.4 Å². The number of ether oxygens (including phenoxy) is 1. The predicted molar refractivity (Wildman–Crippen MR) is 84.0 cm³/mol. The molecule has 0 aromatic heterocycles. The van der Waals surface area contributed by atoms with Crippen molar-refractivity contribution in [3.8, 4) is 5.75 Å². The number of aryl methyl sites for hydroxylation is 2. The van der Waals surface area contributed by atoms with Crippen LogP contribution in [-0.4, -0.2) is 7.11 Å². The van der Waals surface area contributed by atoms with Gasteiger partial charge in [0.25, 0.3) is 0 Å². The van der Waals surface area contributed by atoms with Gasteiger partial charge in [-0.1, -0.05) is 17.7 Å². The first-order chi connectivity index (χ1) is 9.58. The lowest BCUT2D eigenvalue weighted by Gasteiger charge is -2.16. The number of nitrogens with one attached hydrogen (secondary N) is 1. The number of methoxy groups -OCH3 is 1. The van der Waals surface area contributed by atoms with Gasteiger partial charge in [-0.05, 0) is 61.2 Å². The van der Waals surface area contributed by atoms with Crippen LogP contribution in [0.5, 0.6) is 5.75 Å². The van der Waals surface area contributed by atoms with E-state index in [1.807, 2.05) is 18.2 Å². The van der Waals surface area contributed by atoms with E-state index in [-0.39, 0.29) is 6.04 Å². The van der Waals surface area contributed by atoms with Crippen LogP contribution in [0, 0.1) is 13.8 Å². The first-order valence-electron chi connectivity index (χ1n) is 6.78. The van der Waals surface area contributed by atoms with Gasteiger partial charge in [-0.25, -0.2) is 0 Å². The Morgan fingerprint density at radius 3 is 2.75 bits per heavy atom. The van der Waals surface area contributed by atoms with Gasteiger partial charge >= 0.3 is 0 Å². The van der Waals surface area contributed by atoms with Gasteiger partial charge < -0.3 is 10.1 Å². The van der Waals surface area contributed by atoms with Crippen LogP contribution in [-0.2, 0) is 6.42 Å². The second-order valence-corrected chi connectivity index (χ2v) is 5.83. The van der Waals surface area contributed by atoms with Gasteiger partial charge in [-0.3, -0.25) is 0 Å². The molecular weight excluding hydrogens is 270 g/mol. The van der Waals surface area contributed by atoms with Crippen LogP contribution < -0.4 is 10.1 Å². The monoisotopic (exact) mass is 287 g/mol. The highest BCUT2D eigenvalue weighted by atomic mass is 35.5. The summed E-state index contributed by atoms with van der Waals surface area (Å²) in [6, 6.07) is 10.4. The largest absolute Gasteiger partial charge is 0.496 e. The van der Waals surface area contributed by atoms with Crippen LogP contribution in [0.2, 0.25) is 5.02 Å². The van der Waals surface area contributed by atoms with E-state index < -0.39 is 0 Å². The third kappa shape index (κ3) is 2.25. The minimum absolute atomic E-state index is 0.221. The van der Waals surface area contributed by atoms with Gasteiger partial charge in [-0.2, -0.15) is 0 Å². The zero-order valence-electron chi connectivity index (χ0n) is 12.0. The molecule has 1 unspecified atom stereocenters. The second-order valence-electron chi connectivity index (χ2n) is 5.40. The molecular formula is C17H18ClNO. The Kier molecular flexibility index (Phi) is 3.35. The fourth-order valence-electron chi connectivity index (χ4n) is 3.01. The maximum Gasteiger partial charge on any atom is 0.124 e. The molecule has 0 saturated carbocycles. The number of hydrogen-bond acceptors (Lipinski definition) is 2. The highest BCUT2D eigenvalue weighted by Crippen LogP contribution is 2.40. The highest BCUT2D eigenvalue weighted by Gasteiger charge is 2.26. The zero-order chi connectivity index (χ0) is 14.3. The van der Waals surface area contributed by atoms with Crippen LogP contribution in [0.1, 0.15) is 28.3 Å². The molecule has 1 atom stereocenters. The molecule has 3 rings (SSSR count). The minimum Gasteiger partial charge on any atom is -0.496 e. The summed E-state index contributed by atoms with van der Waals surface area (Å²) >= 11 is 6.14. The molecule has 2 aromatic rings. The van der Waals surface area contributed by atoms with Crippen molar-refractivity contribution in [2.24, 2.45) is 0 Å². The molecule has 2 nitrogen and oxygen atoms in total. The third-order valence-electron chi connectivity index (χ3n) is 3.92. The molecule has 20 heavy (non-hydrogen) atoms. The van der Waals surface area contributed by atoms with Crippen molar-refractivity contribution in [1.29, 1.82) is 0 Å². The number of hydrogen-bond donors (Lipinski definition) is 1. The van der Waals surface area contributed by atoms with Crippen molar-refractivity contribution in [1.82, 2.24) is 0 Å². The summed E-state index contributed by atoms with van der Waals surface area (Å²) in [5.74, 6) is 0.883. The second kappa shape index (κ2) is 5.02. The average molecular weight is 288 g/mol. The molecule has 1 aliphatic heterocycles. The Balaban J connectivity index is 2.00. The Bertz CT molecular complexity index is 666. The summed E-state index contributed by atoms with van der Waals surface area (Å²) < 4.78 is 5.47. The smallest absolute Gasteiger partial charge is 0.124 e. The Hall–Kier alpha value is -1.67. The van der Waals surface area contributed by atoms with Crippen molar-refractivity contribution in [3.05, 3.63) is 57.6 Å². The summed E-state index contributed by atoms with van der Waals surface area (Å²) in [7, 11) is 1.70. The van der Waals surface area contributed by atoms with Gasteiger partial charge in [0, 0.05) is 16.3 Å². The molecule has 1 heterocycles. The standard InChI is InChI=1S/C17H18ClNO/c1-10-6-11(2)13-9-16(19-15(13)7-10)14-8-12(18)4-5-17(14)20-3/h4-8,16,19H,9H2,1-3H3. The Morgan fingerprint density at radius 2 is 2.00 bits per heavy atom. The van der Waals surface area contributed by atoms with Crippen molar-refractivity contribution in [2.75, 3.05) is 12.4 Å². The van der Waals surface area contributed by atoms with E-state index in [9.17, 15) is 0 Å². The van der Waals surface area contributed by atoms with Crippen molar-refractivity contribution >= 4 is 17.3 Å². The molecule has 0 saturated heterocycles. The molecule has 0 bridgehead atoms. The molecule has 0 amide bonds. The fraction of sp³-hybridized carbons (Fsp3) is 0.294. The van der Waals surface area contributed by atoms with Crippen LogP contribution in [0.25, 0.3) is 0 Å². The molecule has 0 spiro atoms. The summed E-state index contributed by atoms with van der Waals surface area (Å²) in [5, 5.41) is 4.34. The summed E-state index contributed by atoms with van der Waals surface area (Å²) in [6.07, 6.45) is 0.970. The summed E-state index contributed by atoms with van der Waals surface area (Å²) in [6.45, 7) is 4.30. The normalized spacial score (nSPS) is 16.7. The predicted octanol–water partition coefficient (Wildman–Crippen LogP) is 4.67. The quantitative estimate of drug-likeness (QED) is 0.866. The number of benzene rings is 2. The van der Waals surface area contributed by atoms with E-state index in [2.05, 4.69) is 31.3 Å². The van der Waals surface area contributed by atoms with Crippen LogP contribution >= 0.6 is 11.6 Å². The minimum atomic E-state index is 0.221. The maximum atomic E-state index is 6.14. The first kappa shape index (κ1) is 13.3. The van der Waals surface area contributed by atoms with Gasteiger partial charge in [-0.15, -0.1) is 0 Å². The maximum absolute atomic E-state index is 6.14. The van der Waals surface area contributed by atoms with Gasteiger partial charge in [0.15, 0.2) is 0 Å². The van der Waals surface area contributed by atoms with Crippen LogP contribution in [0.15, 0.2) is 30.3 Å². The van der Waals surface area contributed by atoms with E-state index in [0.29, 0.717) is 0 Å². The molecule has 0 radical (unpaired) electrons. The number of halogens is 1. The van der Waals surface area contributed by atoms with E-state index >= 15 is 0 Å². The molecule has 1 N–H and O–H groups in total. The average Bonchev–Trinajstić information content (AvgIpc) is 2.82.